The number of carbonyl (C=O) groups is 2. The number of aliphatic hydroxyl groups excluding tert-OH is 2. The van der Waals surface area contributed by atoms with E-state index in [1.54, 1.807) is 0 Å². The Morgan fingerprint density at radius 3 is 1.44 bits per heavy atom. The molecule has 0 saturated carbocycles. The Morgan fingerprint density at radius 1 is 0.545 bits per heavy atom. The SMILES string of the molecule is CCCCCC/C=C\C/C=C\C/C=C\C/C=C\CCC(=O)OC(COC(=O)CC/C=C\C/C=C\CCCCCCCCCC)COP(=O)(O)OCC(O)CO. The highest BCUT2D eigenvalue weighted by molar-refractivity contribution is 7.47. The number of hydrogen-bond acceptors (Lipinski definition) is 9. The molecule has 0 amide bonds. The molecule has 11 heteroatoms. The summed E-state index contributed by atoms with van der Waals surface area (Å²) in [6.07, 6.45) is 44.7. The van der Waals surface area contributed by atoms with Crippen LogP contribution in [0.15, 0.2) is 72.9 Å². The lowest BCUT2D eigenvalue weighted by Gasteiger charge is -2.20. The molecule has 316 valence electrons. The Kier molecular flexibility index (Phi) is 37.8. The second-order valence-corrected chi connectivity index (χ2v) is 15.1. The lowest BCUT2D eigenvalue weighted by Crippen LogP contribution is -2.29. The Labute approximate surface area is 333 Å². The van der Waals surface area contributed by atoms with Gasteiger partial charge in [0, 0.05) is 12.8 Å². The molecule has 0 radical (unpaired) electrons. The van der Waals surface area contributed by atoms with Crippen LogP contribution in [-0.4, -0.2) is 65.7 Å². The Balaban J connectivity index is 4.53. The number of rotatable bonds is 38. The van der Waals surface area contributed by atoms with Gasteiger partial charge in [0.1, 0.15) is 12.7 Å². The van der Waals surface area contributed by atoms with Gasteiger partial charge in [-0.25, -0.2) is 4.57 Å². The van der Waals surface area contributed by atoms with Gasteiger partial charge in [-0.2, -0.15) is 0 Å². The maximum absolute atomic E-state index is 12.5. The van der Waals surface area contributed by atoms with Gasteiger partial charge < -0.3 is 24.6 Å². The van der Waals surface area contributed by atoms with Crippen LogP contribution in [0.4, 0.5) is 0 Å². The zero-order chi connectivity index (χ0) is 40.5. The van der Waals surface area contributed by atoms with Crippen LogP contribution in [0.5, 0.6) is 0 Å². The minimum Gasteiger partial charge on any atom is -0.462 e. The van der Waals surface area contributed by atoms with Crippen molar-refractivity contribution in [3.63, 3.8) is 0 Å². The van der Waals surface area contributed by atoms with Crippen molar-refractivity contribution in [3.05, 3.63) is 72.9 Å². The van der Waals surface area contributed by atoms with E-state index in [0.29, 0.717) is 12.8 Å². The first kappa shape index (κ1) is 52.4. The van der Waals surface area contributed by atoms with Gasteiger partial charge in [0.2, 0.25) is 0 Å². The number of aliphatic hydroxyl groups is 2. The summed E-state index contributed by atoms with van der Waals surface area (Å²) in [6, 6.07) is 0. The van der Waals surface area contributed by atoms with Crippen LogP contribution in [0.2, 0.25) is 0 Å². The van der Waals surface area contributed by atoms with Crippen LogP contribution in [0.1, 0.15) is 155 Å². The maximum Gasteiger partial charge on any atom is 0.472 e. The van der Waals surface area contributed by atoms with Crippen molar-refractivity contribution in [1.82, 2.24) is 0 Å². The summed E-state index contributed by atoms with van der Waals surface area (Å²) in [4.78, 5) is 34.8. The van der Waals surface area contributed by atoms with Gasteiger partial charge in [-0.1, -0.05) is 151 Å². The van der Waals surface area contributed by atoms with E-state index < -0.39 is 51.8 Å². The molecule has 0 heterocycles. The first-order valence-corrected chi connectivity index (χ1v) is 22.4. The molecule has 0 aromatic carbocycles. The van der Waals surface area contributed by atoms with Gasteiger partial charge in [-0.3, -0.25) is 18.6 Å². The minimum absolute atomic E-state index is 0.0495. The molecule has 0 spiro atoms. The van der Waals surface area contributed by atoms with Crippen molar-refractivity contribution in [2.75, 3.05) is 26.4 Å². The largest absolute Gasteiger partial charge is 0.472 e. The summed E-state index contributed by atoms with van der Waals surface area (Å²) in [6.45, 7) is 2.19. The third kappa shape index (κ3) is 39.4. The van der Waals surface area contributed by atoms with E-state index in [9.17, 15) is 24.2 Å². The van der Waals surface area contributed by atoms with Crippen molar-refractivity contribution in [1.29, 1.82) is 0 Å². The predicted molar refractivity (Wildman–Crippen MR) is 223 cm³/mol. The molecule has 0 aliphatic rings. The van der Waals surface area contributed by atoms with Crippen LogP contribution in [0.25, 0.3) is 0 Å². The quantitative estimate of drug-likeness (QED) is 0.0239. The van der Waals surface area contributed by atoms with Crippen LogP contribution in [-0.2, 0) is 32.7 Å². The second kappa shape index (κ2) is 39.6. The van der Waals surface area contributed by atoms with Crippen LogP contribution < -0.4 is 0 Å². The Hall–Kier alpha value is -2.59. The maximum atomic E-state index is 12.5. The molecule has 3 N–H and O–H groups in total. The summed E-state index contributed by atoms with van der Waals surface area (Å²) in [5.74, 6) is -1.10. The fourth-order valence-corrected chi connectivity index (χ4v) is 5.90. The molecule has 0 aliphatic carbocycles. The number of phosphoric ester groups is 1. The van der Waals surface area contributed by atoms with Crippen LogP contribution >= 0.6 is 7.82 Å². The van der Waals surface area contributed by atoms with E-state index in [4.69, 9.17) is 19.1 Å². The van der Waals surface area contributed by atoms with Gasteiger partial charge in [0.15, 0.2) is 6.10 Å². The van der Waals surface area contributed by atoms with Crippen molar-refractivity contribution in [2.24, 2.45) is 0 Å². The number of phosphoric acid groups is 1. The van der Waals surface area contributed by atoms with Gasteiger partial charge >= 0.3 is 19.8 Å². The monoisotopic (exact) mass is 795 g/mol. The van der Waals surface area contributed by atoms with E-state index in [1.165, 1.54) is 77.0 Å². The number of carbonyl (C=O) groups excluding carboxylic acids is 2. The van der Waals surface area contributed by atoms with E-state index in [0.717, 1.165) is 38.5 Å². The topological polar surface area (TPSA) is 149 Å². The molecule has 0 fully saturated rings. The normalized spacial score (nSPS) is 14.6. The molecular formula is C44H75O10P. The van der Waals surface area contributed by atoms with Crippen molar-refractivity contribution >= 4 is 19.8 Å². The van der Waals surface area contributed by atoms with E-state index >= 15 is 0 Å². The lowest BCUT2D eigenvalue weighted by atomic mass is 10.1. The summed E-state index contributed by atoms with van der Waals surface area (Å²) in [5.41, 5.74) is 0. The number of hydrogen-bond donors (Lipinski definition) is 3. The molecule has 10 nitrogen and oxygen atoms in total. The smallest absolute Gasteiger partial charge is 0.462 e. The average molecular weight is 795 g/mol. The zero-order valence-corrected chi connectivity index (χ0v) is 35.0. The zero-order valence-electron chi connectivity index (χ0n) is 34.1. The molecule has 0 bridgehead atoms. The third-order valence-electron chi connectivity index (χ3n) is 8.36. The summed E-state index contributed by atoms with van der Waals surface area (Å²) in [7, 11) is -4.65. The molecule has 0 aromatic rings. The number of unbranched alkanes of at least 4 members (excludes halogenated alkanes) is 12. The number of ether oxygens (including phenoxy) is 2. The third-order valence-corrected chi connectivity index (χ3v) is 9.31. The first-order chi connectivity index (χ1) is 26.7. The first-order valence-electron chi connectivity index (χ1n) is 20.9. The molecule has 0 aromatic heterocycles. The van der Waals surface area contributed by atoms with Crippen LogP contribution in [0.3, 0.4) is 0 Å². The fourth-order valence-electron chi connectivity index (χ4n) is 5.11. The van der Waals surface area contributed by atoms with Gasteiger partial charge in [-0.15, -0.1) is 0 Å². The molecule has 0 saturated heterocycles. The minimum atomic E-state index is -4.65. The summed E-state index contributed by atoms with van der Waals surface area (Å²) < 4.78 is 32.5. The molecule has 0 aliphatic heterocycles. The molecule has 55 heavy (non-hydrogen) atoms. The Bertz CT molecular complexity index is 1140. The average Bonchev–Trinajstić information content (AvgIpc) is 3.17. The Morgan fingerprint density at radius 2 is 0.945 bits per heavy atom. The second-order valence-electron chi connectivity index (χ2n) is 13.7. The van der Waals surface area contributed by atoms with E-state index in [1.807, 2.05) is 24.3 Å². The standard InChI is InChI=1S/C44H75O10P/c1-3-5-7-9-11-13-15-17-19-20-22-24-26-28-30-32-34-36-44(48)54-42(40-53-55(49,50)52-38-41(46)37-45)39-51-43(47)35-33-31-29-27-25-23-21-18-16-14-12-10-8-6-4-2/h13,15,19-20,23-26,29-32,41-42,45-46H,3-12,14,16-18,21-22,27-28,33-40H2,1-2H3,(H,49,50)/b15-13-,20-19-,25-23-,26-24-,31-29-,32-30-. The van der Waals surface area contributed by atoms with Crippen LogP contribution in [0, 0.1) is 0 Å². The van der Waals surface area contributed by atoms with E-state index in [-0.39, 0.29) is 19.4 Å². The van der Waals surface area contributed by atoms with Crippen molar-refractivity contribution in [2.45, 2.75) is 167 Å². The van der Waals surface area contributed by atoms with Gasteiger partial charge in [-0.05, 0) is 64.2 Å². The molecule has 3 unspecified atom stereocenters. The van der Waals surface area contributed by atoms with Crippen molar-refractivity contribution in [3.8, 4) is 0 Å². The highest BCUT2D eigenvalue weighted by Gasteiger charge is 2.27. The highest BCUT2D eigenvalue weighted by atomic mass is 31.2. The van der Waals surface area contributed by atoms with E-state index in [2.05, 4.69) is 67.0 Å². The van der Waals surface area contributed by atoms with Gasteiger partial charge in [0.25, 0.3) is 0 Å². The number of allylic oxidation sites excluding steroid dienone is 12. The molecule has 3 atom stereocenters. The molecular weight excluding hydrogens is 719 g/mol. The van der Waals surface area contributed by atoms with Crippen molar-refractivity contribution < 1.29 is 47.8 Å². The predicted octanol–water partition coefficient (Wildman–Crippen LogP) is 10.9. The highest BCUT2D eigenvalue weighted by Crippen LogP contribution is 2.43. The lowest BCUT2D eigenvalue weighted by molar-refractivity contribution is -0.161. The summed E-state index contributed by atoms with van der Waals surface area (Å²) in [5, 5.41) is 18.3. The number of esters is 2. The van der Waals surface area contributed by atoms with Gasteiger partial charge in [0.05, 0.1) is 19.8 Å². The summed E-state index contributed by atoms with van der Waals surface area (Å²) >= 11 is 0. The molecule has 0 rings (SSSR count). The fraction of sp³-hybridized carbons (Fsp3) is 0.682.